The zero-order valence-corrected chi connectivity index (χ0v) is 11.2. The fourth-order valence-electron chi connectivity index (χ4n) is 1.94. The Hall–Kier alpha value is -1.39. The molecule has 1 aromatic carbocycles. The molecule has 0 aliphatic heterocycles. The van der Waals surface area contributed by atoms with Gasteiger partial charge in [-0.3, -0.25) is 0 Å². The Balaban J connectivity index is 2.13. The van der Waals surface area contributed by atoms with Gasteiger partial charge in [0.1, 0.15) is 5.82 Å². The molecule has 0 saturated carbocycles. The molecule has 0 fully saturated rings. The van der Waals surface area contributed by atoms with Crippen molar-refractivity contribution in [2.75, 3.05) is 18.0 Å². The molecule has 0 radical (unpaired) electrons. The van der Waals surface area contributed by atoms with Gasteiger partial charge in [0.2, 0.25) is 0 Å². The number of halogens is 1. The Kier molecular flexibility index (Phi) is 4.33. The zero-order valence-electron chi connectivity index (χ0n) is 10.3. The van der Waals surface area contributed by atoms with Gasteiger partial charge in [-0.25, -0.2) is 4.39 Å². The van der Waals surface area contributed by atoms with Crippen LogP contribution < -0.4 is 10.6 Å². The normalized spacial score (nSPS) is 12.4. The Morgan fingerprint density at radius 3 is 2.67 bits per heavy atom. The summed E-state index contributed by atoms with van der Waals surface area (Å²) in [5, 5.41) is 2.01. The van der Waals surface area contributed by atoms with E-state index in [1.54, 1.807) is 23.5 Å². The second-order valence-electron chi connectivity index (χ2n) is 4.11. The van der Waals surface area contributed by atoms with E-state index in [2.05, 4.69) is 0 Å². The van der Waals surface area contributed by atoms with Crippen molar-refractivity contribution in [2.24, 2.45) is 5.73 Å². The van der Waals surface area contributed by atoms with E-state index in [0.29, 0.717) is 12.2 Å². The van der Waals surface area contributed by atoms with Crippen LogP contribution in [0.5, 0.6) is 0 Å². The van der Waals surface area contributed by atoms with Crippen molar-refractivity contribution in [3.63, 3.8) is 0 Å². The second-order valence-corrected chi connectivity index (χ2v) is 5.09. The maximum atomic E-state index is 13.7. The van der Waals surface area contributed by atoms with Crippen LogP contribution in [0.15, 0.2) is 41.8 Å². The number of benzene rings is 1. The number of hydrogen-bond donors (Lipinski definition) is 1. The number of likely N-dealkylation sites (N-methyl/N-ethyl adjacent to an activating group) is 1. The number of rotatable bonds is 5. The highest BCUT2D eigenvalue weighted by molar-refractivity contribution is 7.10. The lowest BCUT2D eigenvalue weighted by atomic mass is 10.2. The first-order valence-electron chi connectivity index (χ1n) is 6.00. The predicted molar refractivity (Wildman–Crippen MR) is 75.5 cm³/mol. The summed E-state index contributed by atoms with van der Waals surface area (Å²) in [5.41, 5.74) is 6.77. The summed E-state index contributed by atoms with van der Waals surface area (Å²) in [6, 6.07) is 10.7. The van der Waals surface area contributed by atoms with Crippen LogP contribution in [0.1, 0.15) is 17.8 Å². The molecule has 0 bridgehead atoms. The maximum absolute atomic E-state index is 13.7. The van der Waals surface area contributed by atoms with E-state index in [-0.39, 0.29) is 11.9 Å². The molecule has 96 valence electrons. The highest BCUT2D eigenvalue weighted by atomic mass is 32.1. The molecule has 0 saturated heterocycles. The van der Waals surface area contributed by atoms with Crippen molar-refractivity contribution >= 4 is 17.0 Å². The molecule has 2 aromatic rings. The monoisotopic (exact) mass is 264 g/mol. The highest BCUT2D eigenvalue weighted by Crippen LogP contribution is 2.23. The zero-order chi connectivity index (χ0) is 13.0. The standard InChI is InChI=1S/C14H17FN2S/c1-2-17(13-7-4-3-6-11(13)15)10-12(16)14-8-5-9-18-14/h3-9,12H,2,10,16H2,1H3. The maximum Gasteiger partial charge on any atom is 0.146 e. The van der Waals surface area contributed by atoms with Gasteiger partial charge < -0.3 is 10.6 Å². The molecular weight excluding hydrogens is 247 g/mol. The van der Waals surface area contributed by atoms with Gasteiger partial charge in [-0.05, 0) is 30.5 Å². The number of nitrogens with two attached hydrogens (primary N) is 1. The van der Waals surface area contributed by atoms with Crippen molar-refractivity contribution in [1.82, 2.24) is 0 Å². The molecule has 0 aliphatic carbocycles. The Labute approximate surface area is 111 Å². The molecule has 1 unspecified atom stereocenters. The molecule has 0 amide bonds. The summed E-state index contributed by atoms with van der Waals surface area (Å²) in [6.45, 7) is 3.37. The molecule has 1 aromatic heterocycles. The first kappa shape index (κ1) is 13.1. The third-order valence-corrected chi connectivity index (χ3v) is 3.90. The van der Waals surface area contributed by atoms with E-state index in [1.165, 1.54) is 6.07 Å². The first-order valence-corrected chi connectivity index (χ1v) is 6.88. The number of anilines is 1. The predicted octanol–water partition coefficient (Wildman–Crippen LogP) is 3.41. The van der Waals surface area contributed by atoms with Crippen molar-refractivity contribution in [3.05, 3.63) is 52.5 Å². The lowest BCUT2D eigenvalue weighted by Crippen LogP contribution is -2.32. The highest BCUT2D eigenvalue weighted by Gasteiger charge is 2.14. The van der Waals surface area contributed by atoms with E-state index in [4.69, 9.17) is 5.73 Å². The third kappa shape index (κ3) is 2.89. The average molecular weight is 264 g/mol. The summed E-state index contributed by atoms with van der Waals surface area (Å²) in [7, 11) is 0. The van der Waals surface area contributed by atoms with E-state index in [0.717, 1.165) is 11.4 Å². The summed E-state index contributed by atoms with van der Waals surface area (Å²) in [4.78, 5) is 3.10. The van der Waals surface area contributed by atoms with Gasteiger partial charge in [0.05, 0.1) is 11.7 Å². The van der Waals surface area contributed by atoms with Gasteiger partial charge in [-0.1, -0.05) is 18.2 Å². The molecule has 1 heterocycles. The average Bonchev–Trinajstić information content (AvgIpc) is 2.90. The minimum Gasteiger partial charge on any atom is -0.368 e. The molecule has 2 nitrogen and oxygen atoms in total. The molecular formula is C14H17FN2S. The molecule has 2 N–H and O–H groups in total. The van der Waals surface area contributed by atoms with Crippen molar-refractivity contribution in [1.29, 1.82) is 0 Å². The topological polar surface area (TPSA) is 29.3 Å². The van der Waals surface area contributed by atoms with Crippen LogP contribution in [0.3, 0.4) is 0 Å². The molecule has 0 aliphatic rings. The number of para-hydroxylation sites is 1. The van der Waals surface area contributed by atoms with Gasteiger partial charge in [-0.2, -0.15) is 0 Å². The first-order chi connectivity index (χ1) is 8.72. The quantitative estimate of drug-likeness (QED) is 0.896. The number of hydrogen-bond acceptors (Lipinski definition) is 3. The summed E-state index contributed by atoms with van der Waals surface area (Å²) < 4.78 is 13.7. The van der Waals surface area contributed by atoms with Crippen molar-refractivity contribution in [3.8, 4) is 0 Å². The lowest BCUT2D eigenvalue weighted by Gasteiger charge is -2.26. The largest absolute Gasteiger partial charge is 0.368 e. The van der Waals surface area contributed by atoms with Gasteiger partial charge in [0.15, 0.2) is 0 Å². The lowest BCUT2D eigenvalue weighted by molar-refractivity contribution is 0.608. The summed E-state index contributed by atoms with van der Waals surface area (Å²) in [5.74, 6) is -0.197. The molecule has 0 spiro atoms. The Morgan fingerprint density at radius 2 is 2.06 bits per heavy atom. The SMILES string of the molecule is CCN(CC(N)c1cccs1)c1ccccc1F. The Morgan fingerprint density at radius 1 is 1.28 bits per heavy atom. The molecule has 1 atom stereocenters. The molecule has 18 heavy (non-hydrogen) atoms. The summed E-state index contributed by atoms with van der Waals surface area (Å²) in [6.07, 6.45) is 0. The smallest absolute Gasteiger partial charge is 0.146 e. The van der Waals surface area contributed by atoms with E-state index < -0.39 is 0 Å². The van der Waals surface area contributed by atoms with Crippen LogP contribution in [0, 0.1) is 5.82 Å². The van der Waals surface area contributed by atoms with Gasteiger partial charge >= 0.3 is 0 Å². The van der Waals surface area contributed by atoms with Gasteiger partial charge in [-0.15, -0.1) is 11.3 Å². The number of thiophene rings is 1. The Bertz CT molecular complexity index is 484. The van der Waals surface area contributed by atoms with E-state index >= 15 is 0 Å². The van der Waals surface area contributed by atoms with Crippen molar-refractivity contribution in [2.45, 2.75) is 13.0 Å². The third-order valence-electron chi connectivity index (χ3n) is 2.90. The van der Waals surface area contributed by atoms with Gasteiger partial charge in [0.25, 0.3) is 0 Å². The fourth-order valence-corrected chi connectivity index (χ4v) is 2.66. The van der Waals surface area contributed by atoms with Crippen LogP contribution in [-0.4, -0.2) is 13.1 Å². The molecule has 2 rings (SSSR count). The minimum atomic E-state index is -0.197. The van der Waals surface area contributed by atoms with Crippen molar-refractivity contribution < 1.29 is 4.39 Å². The van der Waals surface area contributed by atoms with Crippen LogP contribution in [0.25, 0.3) is 0 Å². The van der Waals surface area contributed by atoms with Crippen LogP contribution in [0.4, 0.5) is 10.1 Å². The summed E-state index contributed by atoms with van der Waals surface area (Å²) >= 11 is 1.64. The van der Waals surface area contributed by atoms with Crippen LogP contribution >= 0.6 is 11.3 Å². The van der Waals surface area contributed by atoms with Crippen LogP contribution in [0.2, 0.25) is 0 Å². The second kappa shape index (κ2) is 5.98. The van der Waals surface area contributed by atoms with E-state index in [1.807, 2.05) is 35.4 Å². The van der Waals surface area contributed by atoms with Gasteiger partial charge in [0, 0.05) is 18.0 Å². The minimum absolute atomic E-state index is 0.0791. The number of nitrogens with zero attached hydrogens (tertiary/aromatic N) is 1. The van der Waals surface area contributed by atoms with Crippen LogP contribution in [-0.2, 0) is 0 Å². The fraction of sp³-hybridized carbons (Fsp3) is 0.286. The van der Waals surface area contributed by atoms with E-state index in [9.17, 15) is 4.39 Å². The molecule has 4 heteroatoms.